The maximum Gasteiger partial charge on any atom is 0.109 e. The summed E-state index contributed by atoms with van der Waals surface area (Å²) in [4.78, 5) is 4.44. The predicted octanol–water partition coefficient (Wildman–Crippen LogP) is 2.38. The highest BCUT2D eigenvalue weighted by atomic mass is 15.0. The van der Waals surface area contributed by atoms with Gasteiger partial charge in [-0.05, 0) is 31.7 Å². The molecule has 0 bridgehead atoms. The van der Waals surface area contributed by atoms with E-state index in [4.69, 9.17) is 0 Å². The van der Waals surface area contributed by atoms with Crippen molar-refractivity contribution in [3.8, 4) is 0 Å². The fourth-order valence-corrected chi connectivity index (χ4v) is 3.14. The molecule has 1 heterocycles. The van der Waals surface area contributed by atoms with Crippen LogP contribution in [0.25, 0.3) is 0 Å². The van der Waals surface area contributed by atoms with Crippen LogP contribution in [0.4, 0.5) is 0 Å². The van der Waals surface area contributed by atoms with Crippen molar-refractivity contribution in [1.82, 2.24) is 14.9 Å². The second kappa shape index (κ2) is 5.67. The van der Waals surface area contributed by atoms with Gasteiger partial charge in [-0.25, -0.2) is 4.98 Å². The van der Waals surface area contributed by atoms with E-state index in [0.29, 0.717) is 6.04 Å². The summed E-state index contributed by atoms with van der Waals surface area (Å²) in [7, 11) is 4.17. The quantitative estimate of drug-likeness (QED) is 0.849. The van der Waals surface area contributed by atoms with E-state index in [1.807, 2.05) is 12.4 Å². The first-order valence-corrected chi connectivity index (χ1v) is 6.88. The molecule has 3 heteroatoms. The van der Waals surface area contributed by atoms with Crippen molar-refractivity contribution >= 4 is 0 Å². The van der Waals surface area contributed by atoms with Crippen molar-refractivity contribution in [1.29, 1.82) is 0 Å². The van der Waals surface area contributed by atoms with E-state index in [-0.39, 0.29) is 0 Å². The van der Waals surface area contributed by atoms with Gasteiger partial charge in [0.2, 0.25) is 0 Å². The van der Waals surface area contributed by atoms with Crippen molar-refractivity contribution in [3.63, 3.8) is 0 Å². The van der Waals surface area contributed by atoms with Crippen LogP contribution in [0, 0.1) is 11.8 Å². The fourth-order valence-electron chi connectivity index (χ4n) is 3.14. The van der Waals surface area contributed by atoms with Crippen LogP contribution in [0.1, 0.15) is 38.4 Å². The van der Waals surface area contributed by atoms with Crippen molar-refractivity contribution < 1.29 is 0 Å². The minimum absolute atomic E-state index is 0.590. The highest BCUT2D eigenvalue weighted by Crippen LogP contribution is 2.35. The summed E-state index contributed by atoms with van der Waals surface area (Å²) in [5.41, 5.74) is 0. The maximum atomic E-state index is 4.44. The van der Waals surface area contributed by atoms with Gasteiger partial charge in [-0.15, -0.1) is 0 Å². The molecule has 1 aliphatic rings. The van der Waals surface area contributed by atoms with Crippen molar-refractivity contribution in [3.05, 3.63) is 18.2 Å². The Balaban J connectivity index is 1.95. The number of hydrogen-bond donors (Lipinski definition) is 1. The van der Waals surface area contributed by atoms with E-state index >= 15 is 0 Å². The van der Waals surface area contributed by atoms with Crippen LogP contribution in [0.5, 0.6) is 0 Å². The number of likely N-dealkylation sites (N-methyl/N-ethyl adjacent to an activating group) is 1. The second-order valence-electron chi connectivity index (χ2n) is 5.40. The van der Waals surface area contributed by atoms with Crippen molar-refractivity contribution in [2.45, 2.75) is 45.1 Å². The average Bonchev–Trinajstić information content (AvgIpc) is 2.95. The van der Waals surface area contributed by atoms with Gasteiger partial charge in [0.25, 0.3) is 0 Å². The molecule has 1 saturated carbocycles. The Hall–Kier alpha value is -0.830. The standard InChI is InChI=1S/C14H25N3/c1-4-11-5-6-12(9-11)13(15-2)10-14-16-7-8-17(14)3/h7-8,11-13,15H,4-6,9-10H2,1-3H3. The van der Waals surface area contributed by atoms with Crippen molar-refractivity contribution in [2.24, 2.45) is 18.9 Å². The Morgan fingerprint density at radius 2 is 2.35 bits per heavy atom. The number of rotatable bonds is 5. The number of nitrogens with one attached hydrogen (secondary N) is 1. The molecule has 0 aromatic carbocycles. The molecule has 1 aromatic heterocycles. The Morgan fingerprint density at radius 3 is 2.88 bits per heavy atom. The molecule has 3 unspecified atom stereocenters. The highest BCUT2D eigenvalue weighted by molar-refractivity contribution is 4.97. The van der Waals surface area contributed by atoms with E-state index in [1.54, 1.807) is 0 Å². The topological polar surface area (TPSA) is 29.9 Å². The van der Waals surface area contributed by atoms with E-state index in [2.05, 4.69) is 35.9 Å². The number of nitrogens with zero attached hydrogens (tertiary/aromatic N) is 2. The molecular weight excluding hydrogens is 210 g/mol. The van der Waals surface area contributed by atoms with Gasteiger partial charge in [0.05, 0.1) is 0 Å². The van der Waals surface area contributed by atoms with Gasteiger partial charge in [0, 0.05) is 31.9 Å². The Bertz CT molecular complexity index is 345. The summed E-state index contributed by atoms with van der Waals surface area (Å²) < 4.78 is 2.14. The van der Waals surface area contributed by atoms with E-state index in [0.717, 1.165) is 18.3 Å². The van der Waals surface area contributed by atoms with Gasteiger partial charge in [-0.2, -0.15) is 0 Å². The lowest BCUT2D eigenvalue weighted by Gasteiger charge is -2.23. The van der Waals surface area contributed by atoms with E-state index < -0.39 is 0 Å². The zero-order valence-corrected chi connectivity index (χ0v) is 11.3. The van der Waals surface area contributed by atoms with Crippen LogP contribution < -0.4 is 5.32 Å². The summed E-state index contributed by atoms with van der Waals surface area (Å²) >= 11 is 0. The Morgan fingerprint density at radius 1 is 1.53 bits per heavy atom. The van der Waals surface area contributed by atoms with Gasteiger partial charge in [-0.1, -0.05) is 19.8 Å². The van der Waals surface area contributed by atoms with Crippen LogP contribution in [0.15, 0.2) is 12.4 Å². The van der Waals surface area contributed by atoms with E-state index in [1.165, 1.54) is 31.5 Å². The first kappa shape index (κ1) is 12.6. The SMILES string of the molecule is CCC1CCC(C(Cc2nccn2C)NC)C1. The Labute approximate surface area is 105 Å². The smallest absolute Gasteiger partial charge is 0.109 e. The van der Waals surface area contributed by atoms with Gasteiger partial charge >= 0.3 is 0 Å². The lowest BCUT2D eigenvalue weighted by molar-refractivity contribution is 0.355. The molecule has 96 valence electrons. The molecule has 0 spiro atoms. The summed E-state index contributed by atoms with van der Waals surface area (Å²) in [5.74, 6) is 2.99. The third-order valence-corrected chi connectivity index (χ3v) is 4.42. The molecule has 17 heavy (non-hydrogen) atoms. The molecule has 1 aliphatic carbocycles. The summed E-state index contributed by atoms with van der Waals surface area (Å²) in [6.45, 7) is 2.32. The Kier molecular flexibility index (Phi) is 4.21. The maximum absolute atomic E-state index is 4.44. The number of hydrogen-bond acceptors (Lipinski definition) is 2. The molecule has 2 rings (SSSR count). The molecule has 1 N–H and O–H groups in total. The zero-order valence-electron chi connectivity index (χ0n) is 11.3. The fraction of sp³-hybridized carbons (Fsp3) is 0.786. The molecular formula is C14H25N3. The number of imidazole rings is 1. The van der Waals surface area contributed by atoms with E-state index in [9.17, 15) is 0 Å². The molecule has 0 saturated heterocycles. The average molecular weight is 235 g/mol. The molecule has 3 nitrogen and oxygen atoms in total. The molecule has 0 radical (unpaired) electrons. The minimum Gasteiger partial charge on any atom is -0.338 e. The summed E-state index contributed by atoms with van der Waals surface area (Å²) in [6.07, 6.45) is 10.5. The molecule has 0 amide bonds. The van der Waals surface area contributed by atoms with Crippen LogP contribution >= 0.6 is 0 Å². The zero-order chi connectivity index (χ0) is 12.3. The minimum atomic E-state index is 0.590. The first-order chi connectivity index (χ1) is 8.24. The van der Waals surface area contributed by atoms with Crippen molar-refractivity contribution in [2.75, 3.05) is 7.05 Å². The molecule has 3 atom stereocenters. The number of aryl methyl sites for hydroxylation is 1. The lowest BCUT2D eigenvalue weighted by atomic mass is 9.93. The largest absolute Gasteiger partial charge is 0.338 e. The molecule has 1 fully saturated rings. The number of aromatic nitrogens is 2. The van der Waals surface area contributed by atoms with Gasteiger partial charge in [-0.3, -0.25) is 0 Å². The molecule has 1 aromatic rings. The summed E-state index contributed by atoms with van der Waals surface area (Å²) in [6, 6.07) is 0.590. The van der Waals surface area contributed by atoms with Gasteiger partial charge in [0.15, 0.2) is 0 Å². The van der Waals surface area contributed by atoms with Crippen LogP contribution in [-0.4, -0.2) is 22.6 Å². The normalized spacial score (nSPS) is 26.3. The molecule has 0 aliphatic heterocycles. The lowest BCUT2D eigenvalue weighted by Crippen LogP contribution is -2.35. The van der Waals surface area contributed by atoms with Crippen LogP contribution in [0.3, 0.4) is 0 Å². The van der Waals surface area contributed by atoms with Crippen LogP contribution in [-0.2, 0) is 13.5 Å². The van der Waals surface area contributed by atoms with Gasteiger partial charge < -0.3 is 9.88 Å². The summed E-state index contributed by atoms with van der Waals surface area (Å²) in [5, 5.41) is 3.50. The highest BCUT2D eigenvalue weighted by Gasteiger charge is 2.29. The second-order valence-corrected chi connectivity index (χ2v) is 5.40. The first-order valence-electron chi connectivity index (χ1n) is 6.88. The third-order valence-electron chi connectivity index (χ3n) is 4.42. The van der Waals surface area contributed by atoms with Crippen LogP contribution in [0.2, 0.25) is 0 Å². The monoisotopic (exact) mass is 235 g/mol. The third kappa shape index (κ3) is 2.89. The predicted molar refractivity (Wildman–Crippen MR) is 70.9 cm³/mol. The van der Waals surface area contributed by atoms with Gasteiger partial charge in [0.1, 0.15) is 5.82 Å².